The molecule has 7 nitrogen and oxygen atoms in total. The highest BCUT2D eigenvalue weighted by Crippen LogP contribution is 2.08. The minimum absolute atomic E-state index is 0.00128. The number of carbonyl (C=O) groups excluding carboxylic acids is 1. The molecule has 7 heteroatoms. The Kier molecular flexibility index (Phi) is 3.57. The zero-order valence-electron chi connectivity index (χ0n) is 11.3. The molecule has 0 aromatic carbocycles. The number of nitrogens with zero attached hydrogens (tertiary/aromatic N) is 3. The van der Waals surface area contributed by atoms with E-state index < -0.39 is 0 Å². The van der Waals surface area contributed by atoms with Gasteiger partial charge in [-0.3, -0.25) is 14.2 Å². The molecule has 2 rings (SSSR count). The summed E-state index contributed by atoms with van der Waals surface area (Å²) in [7, 11) is 4.69. The molecule has 1 aliphatic rings. The van der Waals surface area contributed by atoms with Crippen LogP contribution in [0.25, 0.3) is 0 Å². The quantitative estimate of drug-likeness (QED) is 0.705. The van der Waals surface area contributed by atoms with E-state index in [1.807, 2.05) is 0 Å². The van der Waals surface area contributed by atoms with Crippen LogP contribution in [-0.4, -0.2) is 40.1 Å². The summed E-state index contributed by atoms with van der Waals surface area (Å²) >= 11 is 0. The van der Waals surface area contributed by atoms with Crippen molar-refractivity contribution >= 4 is 5.91 Å². The van der Waals surface area contributed by atoms with Gasteiger partial charge >= 0.3 is 5.69 Å². The Morgan fingerprint density at radius 2 is 2.05 bits per heavy atom. The van der Waals surface area contributed by atoms with Crippen molar-refractivity contribution in [3.8, 4) is 0 Å². The fourth-order valence-electron chi connectivity index (χ4n) is 2.10. The lowest BCUT2D eigenvalue weighted by molar-refractivity contribution is -0.136. The molecule has 1 aromatic heterocycles. The van der Waals surface area contributed by atoms with Crippen LogP contribution in [0.1, 0.15) is 5.56 Å². The standard InChI is InChI=1S/C12H18N4O3/c1-14(10(17)8-4-13-5-8)6-9-7-15(2)12(19)16(3)11(9)18/h7-8,13H,4-6H2,1-3H3. The minimum atomic E-state index is -0.370. The maximum atomic E-state index is 12.0. The maximum Gasteiger partial charge on any atom is 0.330 e. The number of aryl methyl sites for hydroxylation is 1. The number of hydrogen-bond acceptors (Lipinski definition) is 4. The molecule has 0 unspecified atom stereocenters. The summed E-state index contributed by atoms with van der Waals surface area (Å²) in [5, 5.41) is 3.04. The molecule has 1 amide bonds. The van der Waals surface area contributed by atoms with E-state index in [-0.39, 0.29) is 29.6 Å². The summed E-state index contributed by atoms with van der Waals surface area (Å²) in [5.41, 5.74) is -0.284. The van der Waals surface area contributed by atoms with Crippen LogP contribution in [0.4, 0.5) is 0 Å². The lowest BCUT2D eigenvalue weighted by Crippen LogP contribution is -2.51. The highest BCUT2D eigenvalue weighted by atomic mass is 16.2. The second-order valence-electron chi connectivity index (χ2n) is 4.96. The second kappa shape index (κ2) is 5.00. The number of amides is 1. The van der Waals surface area contributed by atoms with Crippen molar-refractivity contribution < 1.29 is 4.79 Å². The Morgan fingerprint density at radius 3 is 2.58 bits per heavy atom. The van der Waals surface area contributed by atoms with Crippen molar-refractivity contribution in [2.24, 2.45) is 20.0 Å². The molecule has 0 aliphatic carbocycles. The van der Waals surface area contributed by atoms with Gasteiger partial charge in [-0.05, 0) is 0 Å². The SMILES string of the molecule is CN(Cc1cn(C)c(=O)n(C)c1=O)C(=O)C1CNC1. The van der Waals surface area contributed by atoms with Crippen LogP contribution in [0.5, 0.6) is 0 Å². The predicted octanol–water partition coefficient (Wildman–Crippen LogP) is -1.74. The first kappa shape index (κ1) is 13.5. The van der Waals surface area contributed by atoms with Gasteiger partial charge < -0.3 is 14.8 Å². The Bertz CT molecular complexity index is 612. The third-order valence-electron chi connectivity index (χ3n) is 3.43. The minimum Gasteiger partial charge on any atom is -0.341 e. The van der Waals surface area contributed by atoms with Crippen molar-refractivity contribution in [3.63, 3.8) is 0 Å². The lowest BCUT2D eigenvalue weighted by atomic mass is 10.0. The maximum absolute atomic E-state index is 12.0. The first-order valence-electron chi connectivity index (χ1n) is 6.13. The van der Waals surface area contributed by atoms with Gasteiger partial charge in [0, 0.05) is 40.4 Å². The molecular weight excluding hydrogens is 248 g/mol. The van der Waals surface area contributed by atoms with Crippen LogP contribution >= 0.6 is 0 Å². The first-order chi connectivity index (χ1) is 8.91. The smallest absolute Gasteiger partial charge is 0.330 e. The second-order valence-corrected chi connectivity index (χ2v) is 4.96. The first-order valence-corrected chi connectivity index (χ1v) is 6.13. The van der Waals surface area contributed by atoms with Crippen LogP contribution in [0.3, 0.4) is 0 Å². The van der Waals surface area contributed by atoms with Crippen molar-refractivity contribution in [1.82, 2.24) is 19.4 Å². The molecule has 0 spiro atoms. The van der Waals surface area contributed by atoms with E-state index >= 15 is 0 Å². The largest absolute Gasteiger partial charge is 0.341 e. The summed E-state index contributed by atoms with van der Waals surface area (Å²) in [6.07, 6.45) is 1.49. The Morgan fingerprint density at radius 1 is 1.42 bits per heavy atom. The highest BCUT2D eigenvalue weighted by molar-refractivity contribution is 5.79. The van der Waals surface area contributed by atoms with Crippen LogP contribution < -0.4 is 16.6 Å². The molecule has 1 saturated heterocycles. The fourth-order valence-corrected chi connectivity index (χ4v) is 2.10. The van der Waals surface area contributed by atoms with Gasteiger partial charge in [0.15, 0.2) is 0 Å². The van der Waals surface area contributed by atoms with Gasteiger partial charge in [-0.15, -0.1) is 0 Å². The zero-order chi connectivity index (χ0) is 14.2. The van der Waals surface area contributed by atoms with Crippen molar-refractivity contribution in [3.05, 3.63) is 32.6 Å². The zero-order valence-corrected chi connectivity index (χ0v) is 11.3. The molecule has 1 fully saturated rings. The van der Waals surface area contributed by atoms with E-state index in [2.05, 4.69) is 5.32 Å². The van der Waals surface area contributed by atoms with Crippen molar-refractivity contribution in [2.45, 2.75) is 6.54 Å². The van der Waals surface area contributed by atoms with Gasteiger partial charge in [0.1, 0.15) is 0 Å². The summed E-state index contributed by atoms with van der Waals surface area (Å²) in [4.78, 5) is 37.0. The summed E-state index contributed by atoms with van der Waals surface area (Å²) in [6.45, 7) is 1.60. The molecule has 19 heavy (non-hydrogen) atoms. The molecule has 1 N–H and O–H groups in total. The molecule has 0 saturated carbocycles. The molecule has 0 atom stereocenters. The molecular formula is C12H18N4O3. The monoisotopic (exact) mass is 266 g/mol. The van der Waals surface area contributed by atoms with E-state index in [0.29, 0.717) is 18.7 Å². The van der Waals surface area contributed by atoms with Gasteiger partial charge in [0.25, 0.3) is 5.56 Å². The van der Waals surface area contributed by atoms with Crippen LogP contribution in [0.15, 0.2) is 15.8 Å². The van der Waals surface area contributed by atoms with Crippen LogP contribution in [-0.2, 0) is 25.4 Å². The third kappa shape index (κ3) is 2.46. The number of rotatable bonds is 3. The average molecular weight is 266 g/mol. The van der Waals surface area contributed by atoms with E-state index in [0.717, 1.165) is 4.57 Å². The van der Waals surface area contributed by atoms with E-state index in [9.17, 15) is 14.4 Å². The van der Waals surface area contributed by atoms with E-state index in [1.54, 1.807) is 14.1 Å². The number of hydrogen-bond donors (Lipinski definition) is 1. The van der Waals surface area contributed by atoms with Crippen molar-refractivity contribution in [2.75, 3.05) is 20.1 Å². The van der Waals surface area contributed by atoms with Crippen LogP contribution in [0.2, 0.25) is 0 Å². The molecule has 104 valence electrons. The van der Waals surface area contributed by atoms with E-state index in [4.69, 9.17) is 0 Å². The van der Waals surface area contributed by atoms with Crippen LogP contribution in [0, 0.1) is 5.92 Å². The van der Waals surface area contributed by atoms with Gasteiger partial charge in [-0.2, -0.15) is 0 Å². The average Bonchev–Trinajstić information content (AvgIpc) is 2.31. The topological polar surface area (TPSA) is 76.3 Å². The number of nitrogens with one attached hydrogen (secondary N) is 1. The van der Waals surface area contributed by atoms with Gasteiger partial charge in [0.05, 0.1) is 18.0 Å². The number of carbonyl (C=O) groups is 1. The van der Waals surface area contributed by atoms with Gasteiger partial charge in [-0.25, -0.2) is 4.79 Å². The highest BCUT2D eigenvalue weighted by Gasteiger charge is 2.27. The summed E-state index contributed by atoms with van der Waals surface area (Å²) in [5.74, 6) is 0.0241. The molecule has 0 bridgehead atoms. The Labute approximate surface area is 110 Å². The summed E-state index contributed by atoms with van der Waals surface area (Å²) in [6, 6.07) is 0. The predicted molar refractivity (Wildman–Crippen MR) is 69.8 cm³/mol. The molecule has 1 aromatic rings. The fraction of sp³-hybridized carbons (Fsp3) is 0.583. The van der Waals surface area contributed by atoms with E-state index in [1.165, 1.54) is 22.7 Å². The Hall–Kier alpha value is -1.89. The van der Waals surface area contributed by atoms with Crippen molar-refractivity contribution in [1.29, 1.82) is 0 Å². The van der Waals surface area contributed by atoms with Gasteiger partial charge in [-0.1, -0.05) is 0 Å². The number of aromatic nitrogens is 2. The summed E-state index contributed by atoms with van der Waals surface area (Å²) < 4.78 is 2.40. The lowest BCUT2D eigenvalue weighted by Gasteiger charge is -2.30. The van der Waals surface area contributed by atoms with Gasteiger partial charge in [0.2, 0.25) is 5.91 Å². The third-order valence-corrected chi connectivity index (χ3v) is 3.43. The normalized spacial score (nSPS) is 15.1. The Balaban J connectivity index is 2.21. The molecule has 0 radical (unpaired) electrons. The molecule has 1 aliphatic heterocycles. The molecule has 2 heterocycles.